The maximum Gasteiger partial charge on any atom is 0.137 e. The molecule has 0 spiro atoms. The van der Waals surface area contributed by atoms with Crippen LogP contribution in [-0.4, -0.2) is 6.54 Å². The van der Waals surface area contributed by atoms with E-state index in [1.165, 1.54) is 31.7 Å². The lowest BCUT2D eigenvalue weighted by Crippen LogP contribution is -2.26. The van der Waals surface area contributed by atoms with E-state index in [1.807, 2.05) is 12.1 Å². The summed E-state index contributed by atoms with van der Waals surface area (Å²) in [6.07, 6.45) is 5.80. The van der Waals surface area contributed by atoms with Crippen LogP contribution in [0.1, 0.15) is 31.2 Å². The van der Waals surface area contributed by atoms with Crippen molar-refractivity contribution < 1.29 is 4.39 Å². The highest BCUT2D eigenvalue weighted by atomic mass is 79.9. The standard InChI is InChI=1S/C15H19BrFN/c16-14-7-11(2-4-15(14)17)8-18-9-13-6-10-1-3-12(13)5-10/h2,4,7,10,12-13,18H,1,3,5-6,8-9H2. The summed E-state index contributed by atoms with van der Waals surface area (Å²) in [5.74, 6) is 2.68. The van der Waals surface area contributed by atoms with Crippen molar-refractivity contribution in [2.45, 2.75) is 32.2 Å². The monoisotopic (exact) mass is 311 g/mol. The molecule has 0 heterocycles. The molecule has 3 unspecified atom stereocenters. The lowest BCUT2D eigenvalue weighted by Gasteiger charge is -2.21. The van der Waals surface area contributed by atoms with Gasteiger partial charge in [0.05, 0.1) is 4.47 Å². The second kappa shape index (κ2) is 5.30. The first kappa shape index (κ1) is 12.6. The summed E-state index contributed by atoms with van der Waals surface area (Å²) >= 11 is 3.23. The van der Waals surface area contributed by atoms with Crippen LogP contribution in [0.4, 0.5) is 4.39 Å². The van der Waals surface area contributed by atoms with E-state index in [2.05, 4.69) is 21.2 Å². The van der Waals surface area contributed by atoms with E-state index in [0.29, 0.717) is 4.47 Å². The van der Waals surface area contributed by atoms with Crippen molar-refractivity contribution in [3.63, 3.8) is 0 Å². The van der Waals surface area contributed by atoms with Gasteiger partial charge in [-0.25, -0.2) is 4.39 Å². The molecule has 0 radical (unpaired) electrons. The summed E-state index contributed by atoms with van der Waals surface area (Å²) in [7, 11) is 0. The minimum atomic E-state index is -0.188. The first-order valence-corrected chi connectivity index (χ1v) is 7.66. The van der Waals surface area contributed by atoms with E-state index in [4.69, 9.17) is 0 Å². The molecule has 0 amide bonds. The highest BCUT2D eigenvalue weighted by molar-refractivity contribution is 9.10. The van der Waals surface area contributed by atoms with E-state index in [0.717, 1.165) is 36.4 Å². The molecule has 3 rings (SSSR count). The minimum Gasteiger partial charge on any atom is -0.312 e. The molecule has 2 saturated carbocycles. The van der Waals surface area contributed by atoms with Gasteiger partial charge in [-0.2, -0.15) is 0 Å². The lowest BCUT2D eigenvalue weighted by molar-refractivity contribution is 0.318. The molecule has 1 aromatic rings. The Kier molecular flexibility index (Phi) is 3.71. The van der Waals surface area contributed by atoms with Crippen LogP contribution in [0.5, 0.6) is 0 Å². The Labute approximate surface area is 116 Å². The fraction of sp³-hybridized carbons (Fsp3) is 0.600. The number of hydrogen-bond donors (Lipinski definition) is 1. The number of rotatable bonds is 4. The van der Waals surface area contributed by atoms with Crippen LogP contribution in [0.15, 0.2) is 22.7 Å². The van der Waals surface area contributed by atoms with Crippen LogP contribution >= 0.6 is 15.9 Å². The predicted molar refractivity (Wildman–Crippen MR) is 74.7 cm³/mol. The number of hydrogen-bond acceptors (Lipinski definition) is 1. The number of benzene rings is 1. The highest BCUT2D eigenvalue weighted by Crippen LogP contribution is 2.47. The van der Waals surface area contributed by atoms with Gasteiger partial charge in [0.25, 0.3) is 0 Å². The van der Waals surface area contributed by atoms with Crippen LogP contribution in [0, 0.1) is 23.6 Å². The number of halogens is 2. The fourth-order valence-electron chi connectivity index (χ4n) is 3.68. The average Bonchev–Trinajstić information content (AvgIpc) is 2.96. The lowest BCUT2D eigenvalue weighted by atomic mass is 9.89. The zero-order chi connectivity index (χ0) is 12.5. The van der Waals surface area contributed by atoms with Crippen LogP contribution in [-0.2, 0) is 6.54 Å². The van der Waals surface area contributed by atoms with Gasteiger partial charge in [0.2, 0.25) is 0 Å². The molecule has 18 heavy (non-hydrogen) atoms. The summed E-state index contributed by atoms with van der Waals surface area (Å²) in [4.78, 5) is 0. The van der Waals surface area contributed by atoms with Crippen LogP contribution in [0.3, 0.4) is 0 Å². The quantitative estimate of drug-likeness (QED) is 0.882. The molecule has 2 bridgehead atoms. The molecule has 2 aliphatic rings. The Morgan fingerprint density at radius 2 is 2.17 bits per heavy atom. The smallest absolute Gasteiger partial charge is 0.137 e. The third-order valence-electron chi connectivity index (χ3n) is 4.60. The molecular formula is C15H19BrFN. The van der Waals surface area contributed by atoms with Gasteiger partial charge >= 0.3 is 0 Å². The Morgan fingerprint density at radius 1 is 1.28 bits per heavy atom. The molecule has 3 heteroatoms. The maximum atomic E-state index is 13.1. The second-order valence-corrected chi connectivity index (χ2v) is 6.67. The van der Waals surface area contributed by atoms with Gasteiger partial charge < -0.3 is 5.32 Å². The molecule has 2 fully saturated rings. The Hall–Kier alpha value is -0.410. The molecule has 98 valence electrons. The third-order valence-corrected chi connectivity index (χ3v) is 5.21. The second-order valence-electron chi connectivity index (χ2n) is 5.81. The largest absolute Gasteiger partial charge is 0.312 e. The number of nitrogens with one attached hydrogen (secondary N) is 1. The SMILES string of the molecule is Fc1ccc(CNCC2CC3CCC2C3)cc1Br. The minimum absolute atomic E-state index is 0.188. The van der Waals surface area contributed by atoms with Crippen LogP contribution in [0.25, 0.3) is 0 Å². The summed E-state index contributed by atoms with van der Waals surface area (Å²) in [5.41, 5.74) is 1.14. The van der Waals surface area contributed by atoms with E-state index in [1.54, 1.807) is 0 Å². The average molecular weight is 312 g/mol. The molecule has 0 aromatic heterocycles. The number of fused-ring (bicyclic) bond motifs is 2. The highest BCUT2D eigenvalue weighted by Gasteiger charge is 2.38. The summed E-state index contributed by atoms with van der Waals surface area (Å²) in [5, 5.41) is 3.53. The predicted octanol–water partition coefficient (Wildman–Crippen LogP) is 4.11. The van der Waals surface area contributed by atoms with E-state index < -0.39 is 0 Å². The molecule has 1 nitrogen and oxygen atoms in total. The van der Waals surface area contributed by atoms with Gasteiger partial charge in [-0.15, -0.1) is 0 Å². The molecule has 1 N–H and O–H groups in total. The molecule has 0 aliphatic heterocycles. The third kappa shape index (κ3) is 2.62. The summed E-state index contributed by atoms with van der Waals surface area (Å²) in [6.45, 7) is 1.96. The van der Waals surface area contributed by atoms with Crippen LogP contribution in [0.2, 0.25) is 0 Å². The van der Waals surface area contributed by atoms with Crippen molar-refractivity contribution in [3.05, 3.63) is 34.1 Å². The zero-order valence-corrected chi connectivity index (χ0v) is 12.0. The van der Waals surface area contributed by atoms with Gasteiger partial charge in [-0.05, 0) is 77.2 Å². The van der Waals surface area contributed by atoms with E-state index in [9.17, 15) is 4.39 Å². The summed E-state index contributed by atoms with van der Waals surface area (Å²) < 4.78 is 13.7. The van der Waals surface area contributed by atoms with Gasteiger partial charge in [-0.1, -0.05) is 12.5 Å². The maximum absolute atomic E-state index is 13.1. The van der Waals surface area contributed by atoms with Gasteiger partial charge in [0, 0.05) is 6.54 Å². The molecule has 0 saturated heterocycles. The van der Waals surface area contributed by atoms with Crippen molar-refractivity contribution >= 4 is 15.9 Å². The van der Waals surface area contributed by atoms with Crippen molar-refractivity contribution in [1.82, 2.24) is 5.32 Å². The van der Waals surface area contributed by atoms with E-state index in [-0.39, 0.29) is 5.82 Å². The molecule has 2 aliphatic carbocycles. The van der Waals surface area contributed by atoms with Crippen LogP contribution < -0.4 is 5.32 Å². The summed E-state index contributed by atoms with van der Waals surface area (Å²) in [6, 6.07) is 5.25. The fourth-order valence-corrected chi connectivity index (χ4v) is 4.10. The topological polar surface area (TPSA) is 12.0 Å². The first-order valence-electron chi connectivity index (χ1n) is 6.87. The molecule has 3 atom stereocenters. The Bertz CT molecular complexity index is 435. The Balaban J connectivity index is 1.48. The van der Waals surface area contributed by atoms with Gasteiger partial charge in [0.1, 0.15) is 5.82 Å². The first-order chi connectivity index (χ1) is 8.72. The van der Waals surface area contributed by atoms with E-state index >= 15 is 0 Å². The van der Waals surface area contributed by atoms with Crippen molar-refractivity contribution in [2.75, 3.05) is 6.54 Å². The van der Waals surface area contributed by atoms with Crippen molar-refractivity contribution in [2.24, 2.45) is 17.8 Å². The Morgan fingerprint density at radius 3 is 2.83 bits per heavy atom. The van der Waals surface area contributed by atoms with Crippen molar-refractivity contribution in [3.8, 4) is 0 Å². The molecule has 1 aromatic carbocycles. The van der Waals surface area contributed by atoms with Gasteiger partial charge in [0.15, 0.2) is 0 Å². The molecular weight excluding hydrogens is 293 g/mol. The van der Waals surface area contributed by atoms with Gasteiger partial charge in [-0.3, -0.25) is 0 Å². The zero-order valence-electron chi connectivity index (χ0n) is 10.5. The van der Waals surface area contributed by atoms with Crippen molar-refractivity contribution in [1.29, 1.82) is 0 Å². The normalized spacial score (nSPS) is 30.0.